The Morgan fingerprint density at radius 3 is 1.44 bits per heavy atom. The van der Waals surface area contributed by atoms with Crippen LogP contribution >= 0.6 is 0 Å². The molecule has 0 radical (unpaired) electrons. The van der Waals surface area contributed by atoms with Crippen molar-refractivity contribution >= 4 is 70.9 Å². The van der Waals surface area contributed by atoms with E-state index in [2.05, 4.69) is 54.8 Å². The van der Waals surface area contributed by atoms with Crippen molar-refractivity contribution in [1.82, 2.24) is 47.9 Å². The number of hydrogen-bond donors (Lipinski definition) is 15. The number of hydrogen-bond acceptors (Lipinski definition) is 15. The monoisotopic (exact) mass is 1020 g/mol. The molecule has 2 rings (SSSR count). The lowest BCUT2D eigenvalue weighted by molar-refractivity contribution is -0.137. The standard InChI is InChI=1S/C45H70N12O15/c1-2-3-4-5-6-7-8-9-10-11-16-49-39(66)31-21-37(64)52-32(23-58)44(71)53-27(17-25-12-14-26(60)15-13-25)41(68)54-28(18-34(46)61)40(67)50-22-38(65)51-29(19-35(47)62)42(69)57-33(24-59)45(72)55-30(20-36(48)63)43(70)56-31/h12-15,27-33,58-60H,2-11,16-24H2,1H3,(H2,46,61)(H2,47,62)(H2,48,63)(H,49,66)(H,50,67)(H,51,65)(H,52,64)(H,53,71)(H,54,68)(H,55,72)(H,56,70)(H,57,69)/t27-,28-,29-,30-,31-,32+,33-/m0/s1. The Hall–Kier alpha value is -7.42. The van der Waals surface area contributed by atoms with Gasteiger partial charge in [0.1, 0.15) is 48.0 Å². The molecule has 0 unspecified atom stereocenters. The molecule has 1 aromatic carbocycles. The minimum atomic E-state index is -1.95. The molecule has 27 heteroatoms. The zero-order valence-corrected chi connectivity index (χ0v) is 40.3. The molecule has 7 atom stereocenters. The number of nitrogens with two attached hydrogens (primary N) is 3. The van der Waals surface area contributed by atoms with Crippen molar-refractivity contribution in [1.29, 1.82) is 0 Å². The summed E-state index contributed by atoms with van der Waals surface area (Å²) in [5, 5.41) is 50.3. The van der Waals surface area contributed by atoms with Crippen molar-refractivity contribution < 1.29 is 72.9 Å². The lowest BCUT2D eigenvalue weighted by Crippen LogP contribution is -2.60. The Balaban J connectivity index is 2.58. The fraction of sp³-hybridized carbons (Fsp3) is 0.600. The Morgan fingerprint density at radius 2 is 0.931 bits per heavy atom. The molecule has 0 bridgehead atoms. The van der Waals surface area contributed by atoms with Crippen LogP contribution in [0.15, 0.2) is 24.3 Å². The largest absolute Gasteiger partial charge is 0.508 e. The van der Waals surface area contributed by atoms with Gasteiger partial charge in [0.2, 0.25) is 70.9 Å². The van der Waals surface area contributed by atoms with Crippen LogP contribution in [0.3, 0.4) is 0 Å². The van der Waals surface area contributed by atoms with Crippen LogP contribution in [-0.2, 0) is 64.0 Å². The Labute approximate surface area is 415 Å². The number of carbonyl (C=O) groups is 12. The number of phenols is 1. The molecule has 72 heavy (non-hydrogen) atoms. The quantitative estimate of drug-likeness (QED) is 0.0482. The second-order valence-electron chi connectivity index (χ2n) is 17.2. The first-order valence-electron chi connectivity index (χ1n) is 23.7. The molecule has 0 spiro atoms. The fourth-order valence-corrected chi connectivity index (χ4v) is 7.19. The molecule has 1 heterocycles. The minimum absolute atomic E-state index is 0.0912. The van der Waals surface area contributed by atoms with Crippen LogP contribution in [-0.4, -0.2) is 155 Å². The third-order valence-corrected chi connectivity index (χ3v) is 11.1. The highest BCUT2D eigenvalue weighted by molar-refractivity contribution is 6.00. The number of unbranched alkanes of at least 4 members (excludes halogenated alkanes) is 9. The maximum atomic E-state index is 13.9. The highest BCUT2D eigenvalue weighted by Crippen LogP contribution is 2.13. The number of carbonyl (C=O) groups excluding carboxylic acids is 12. The van der Waals surface area contributed by atoms with Crippen molar-refractivity contribution in [2.45, 2.75) is 146 Å². The molecule has 1 aromatic rings. The molecule has 27 nitrogen and oxygen atoms in total. The van der Waals surface area contributed by atoms with Gasteiger partial charge in [0.05, 0.1) is 45.4 Å². The number of aliphatic hydroxyl groups is 2. The molecule has 0 aliphatic carbocycles. The first-order valence-corrected chi connectivity index (χ1v) is 23.7. The van der Waals surface area contributed by atoms with Gasteiger partial charge in [0.15, 0.2) is 0 Å². The van der Waals surface area contributed by atoms with Crippen LogP contribution in [0.25, 0.3) is 0 Å². The number of aromatic hydroxyl groups is 1. The van der Waals surface area contributed by atoms with E-state index in [1.54, 1.807) is 0 Å². The zero-order valence-electron chi connectivity index (χ0n) is 40.3. The van der Waals surface area contributed by atoms with Crippen LogP contribution < -0.4 is 65.1 Å². The highest BCUT2D eigenvalue weighted by atomic mass is 16.3. The van der Waals surface area contributed by atoms with E-state index < -0.39 is 159 Å². The van der Waals surface area contributed by atoms with Gasteiger partial charge >= 0.3 is 0 Å². The molecule has 400 valence electrons. The van der Waals surface area contributed by atoms with Crippen molar-refractivity contribution in [3.8, 4) is 5.75 Å². The van der Waals surface area contributed by atoms with Crippen LogP contribution in [0.1, 0.15) is 102 Å². The Kier molecular flexibility index (Phi) is 27.4. The summed E-state index contributed by atoms with van der Waals surface area (Å²) in [6, 6.07) is -7.58. The van der Waals surface area contributed by atoms with Crippen molar-refractivity contribution in [2.24, 2.45) is 17.2 Å². The summed E-state index contributed by atoms with van der Waals surface area (Å²) in [5.41, 5.74) is 16.3. The van der Waals surface area contributed by atoms with E-state index in [1.165, 1.54) is 37.1 Å². The summed E-state index contributed by atoms with van der Waals surface area (Å²) in [4.78, 5) is 158. The number of nitrogens with one attached hydrogen (secondary N) is 9. The first kappa shape index (κ1) is 60.7. The Morgan fingerprint density at radius 1 is 0.528 bits per heavy atom. The number of benzene rings is 1. The SMILES string of the molecule is CCCCCCCCCCCCNC(=O)[C@@H]1CC(=O)N[C@H](CO)C(=O)N[C@@H](Cc2ccc(O)cc2)C(=O)N[C@@H](CC(N)=O)C(=O)NCC(=O)N[C@@H](CC(N)=O)C(=O)N[C@@H](CO)C(=O)N[C@@H](CC(N)=O)C(=O)N1. The Bertz CT molecular complexity index is 2060. The molecular formula is C45H70N12O15. The predicted molar refractivity (Wildman–Crippen MR) is 253 cm³/mol. The average Bonchev–Trinajstić information content (AvgIpc) is 3.31. The third kappa shape index (κ3) is 23.5. The zero-order chi connectivity index (χ0) is 53.8. The summed E-state index contributed by atoms with van der Waals surface area (Å²) >= 11 is 0. The molecule has 1 aliphatic rings. The maximum absolute atomic E-state index is 13.9. The van der Waals surface area contributed by atoms with Gasteiger partial charge in [-0.3, -0.25) is 57.5 Å². The average molecular weight is 1020 g/mol. The molecule has 0 aromatic heterocycles. The van der Waals surface area contributed by atoms with Gasteiger partial charge in [-0.25, -0.2) is 0 Å². The van der Waals surface area contributed by atoms with Gasteiger partial charge in [-0.05, 0) is 24.1 Å². The molecule has 1 fully saturated rings. The maximum Gasteiger partial charge on any atom is 0.245 e. The summed E-state index contributed by atoms with van der Waals surface area (Å²) < 4.78 is 0. The minimum Gasteiger partial charge on any atom is -0.508 e. The van der Waals surface area contributed by atoms with Gasteiger partial charge in [-0.15, -0.1) is 0 Å². The van der Waals surface area contributed by atoms with Crippen LogP contribution in [0, 0.1) is 0 Å². The topological polar surface area (TPSA) is 452 Å². The summed E-state index contributed by atoms with van der Waals surface area (Å²) in [7, 11) is 0. The molecular weight excluding hydrogens is 949 g/mol. The molecule has 18 N–H and O–H groups in total. The van der Waals surface area contributed by atoms with Gasteiger partial charge < -0.3 is 80.4 Å². The summed E-state index contributed by atoms with van der Waals surface area (Å²) in [6.07, 6.45) is 5.91. The number of primary amides is 3. The molecule has 0 saturated carbocycles. The predicted octanol–water partition coefficient (Wildman–Crippen LogP) is -5.50. The number of aliphatic hydroxyl groups excluding tert-OH is 2. The highest BCUT2D eigenvalue weighted by Gasteiger charge is 2.35. The van der Waals surface area contributed by atoms with E-state index in [4.69, 9.17) is 17.2 Å². The van der Waals surface area contributed by atoms with Gasteiger partial charge in [-0.2, -0.15) is 0 Å². The summed E-state index contributed by atoms with van der Waals surface area (Å²) in [5.74, 6) is -14.2. The molecule has 1 saturated heterocycles. The van der Waals surface area contributed by atoms with Crippen LogP contribution in [0.2, 0.25) is 0 Å². The smallest absolute Gasteiger partial charge is 0.245 e. The van der Waals surface area contributed by atoms with Crippen molar-refractivity contribution in [2.75, 3.05) is 26.3 Å². The van der Waals surface area contributed by atoms with E-state index in [-0.39, 0.29) is 18.7 Å². The van der Waals surface area contributed by atoms with Crippen molar-refractivity contribution in [3.05, 3.63) is 29.8 Å². The van der Waals surface area contributed by atoms with E-state index in [0.717, 1.165) is 44.9 Å². The van der Waals surface area contributed by atoms with Gasteiger partial charge in [0, 0.05) is 13.0 Å². The number of rotatable bonds is 22. The van der Waals surface area contributed by atoms with E-state index in [1.807, 2.05) is 0 Å². The van der Waals surface area contributed by atoms with Crippen LogP contribution in [0.5, 0.6) is 5.75 Å². The second kappa shape index (κ2) is 32.5. The van der Waals surface area contributed by atoms with E-state index in [0.29, 0.717) is 12.0 Å². The third-order valence-electron chi connectivity index (χ3n) is 11.1. The summed E-state index contributed by atoms with van der Waals surface area (Å²) in [6.45, 7) is -1.03. The number of phenolic OH excluding ortho intramolecular Hbond substituents is 1. The lowest BCUT2D eigenvalue weighted by atomic mass is 10.0. The van der Waals surface area contributed by atoms with E-state index in [9.17, 15) is 72.9 Å². The lowest BCUT2D eigenvalue weighted by Gasteiger charge is -2.26. The van der Waals surface area contributed by atoms with Gasteiger partial charge in [0.25, 0.3) is 0 Å². The number of amides is 12. The first-order chi connectivity index (χ1) is 34.2. The van der Waals surface area contributed by atoms with Crippen molar-refractivity contribution in [3.63, 3.8) is 0 Å². The fourth-order valence-electron chi connectivity index (χ4n) is 7.19. The normalized spacial score (nSPS) is 22.4. The van der Waals surface area contributed by atoms with Gasteiger partial charge in [-0.1, -0.05) is 76.8 Å². The van der Waals surface area contributed by atoms with Crippen LogP contribution in [0.4, 0.5) is 0 Å². The molecule has 1 aliphatic heterocycles. The second-order valence-corrected chi connectivity index (χ2v) is 17.2. The molecule has 12 amide bonds. The van der Waals surface area contributed by atoms with E-state index >= 15 is 0 Å².